The molecule has 4 aromatic rings. The number of fused-ring (bicyclic) bond motifs is 2. The lowest BCUT2D eigenvalue weighted by molar-refractivity contribution is -0.113. The van der Waals surface area contributed by atoms with Gasteiger partial charge in [0.1, 0.15) is 0 Å². The lowest BCUT2D eigenvalue weighted by atomic mass is 10.1. The van der Waals surface area contributed by atoms with E-state index in [-0.39, 0.29) is 17.2 Å². The van der Waals surface area contributed by atoms with E-state index in [0.29, 0.717) is 27.6 Å². The van der Waals surface area contributed by atoms with Gasteiger partial charge in [0.05, 0.1) is 22.3 Å². The Hall–Kier alpha value is -3.13. The predicted octanol–water partition coefficient (Wildman–Crippen LogP) is 3.11. The molecule has 7 nitrogen and oxygen atoms in total. The van der Waals surface area contributed by atoms with Crippen molar-refractivity contribution in [3.8, 4) is 0 Å². The van der Waals surface area contributed by atoms with Gasteiger partial charge in [-0.1, -0.05) is 41.2 Å². The fourth-order valence-electron chi connectivity index (χ4n) is 2.79. The van der Waals surface area contributed by atoms with Crippen molar-refractivity contribution in [2.75, 3.05) is 11.1 Å². The Labute approximate surface area is 158 Å². The number of hydrogen-bond donors (Lipinski definition) is 1. The summed E-state index contributed by atoms with van der Waals surface area (Å²) in [5.74, 6) is 0.132. The number of carbonyl (C=O) groups is 1. The van der Waals surface area contributed by atoms with Crippen LogP contribution in [0.3, 0.4) is 0 Å². The molecule has 0 saturated carbocycles. The van der Waals surface area contributed by atoms with E-state index in [1.165, 1.54) is 16.3 Å². The van der Waals surface area contributed by atoms with Gasteiger partial charge < -0.3 is 4.52 Å². The number of hydrogen-bond acceptors (Lipinski definition) is 6. The van der Waals surface area contributed by atoms with Gasteiger partial charge in [0.25, 0.3) is 5.56 Å². The third-order valence-electron chi connectivity index (χ3n) is 4.13. The fraction of sp³-hybridized carbons (Fsp3) is 0.158. The molecule has 2 heterocycles. The third kappa shape index (κ3) is 3.43. The number of anilines is 1. The number of thioether (sulfide) groups is 1. The minimum absolute atomic E-state index is 0.0963. The van der Waals surface area contributed by atoms with E-state index in [2.05, 4.69) is 15.5 Å². The number of aromatic nitrogens is 3. The summed E-state index contributed by atoms with van der Waals surface area (Å²) in [4.78, 5) is 29.4. The SMILES string of the molecule is Cc1cc(NC(=O)CSc2nc3cc4ccccc4cc3c(=O)n2C)on1. The van der Waals surface area contributed by atoms with Gasteiger partial charge in [-0.05, 0) is 29.8 Å². The highest BCUT2D eigenvalue weighted by atomic mass is 32.2. The minimum atomic E-state index is -0.260. The molecule has 0 aliphatic heterocycles. The van der Waals surface area contributed by atoms with Crippen molar-refractivity contribution in [1.82, 2.24) is 14.7 Å². The summed E-state index contributed by atoms with van der Waals surface area (Å²) in [6.07, 6.45) is 0. The Morgan fingerprint density at radius 2 is 1.96 bits per heavy atom. The molecule has 27 heavy (non-hydrogen) atoms. The topological polar surface area (TPSA) is 90.0 Å². The standard InChI is InChI=1S/C19H16N4O3S/c1-11-7-17(26-22-11)21-16(24)10-27-19-20-15-9-13-6-4-3-5-12(13)8-14(15)18(25)23(19)2/h3-9H,10H2,1-2H3,(H,21,24). The van der Waals surface area contributed by atoms with Crippen LogP contribution in [0.2, 0.25) is 0 Å². The summed E-state index contributed by atoms with van der Waals surface area (Å²) in [6, 6.07) is 13.2. The number of nitrogens with zero attached hydrogens (tertiary/aromatic N) is 3. The van der Waals surface area contributed by atoms with Crippen molar-refractivity contribution in [1.29, 1.82) is 0 Å². The maximum Gasteiger partial charge on any atom is 0.261 e. The number of carbonyl (C=O) groups excluding carboxylic acids is 1. The number of benzene rings is 2. The first-order chi connectivity index (χ1) is 13.0. The van der Waals surface area contributed by atoms with Crippen LogP contribution in [0.1, 0.15) is 5.69 Å². The molecule has 0 aliphatic rings. The molecule has 0 saturated heterocycles. The highest BCUT2D eigenvalue weighted by Gasteiger charge is 2.13. The van der Waals surface area contributed by atoms with Gasteiger partial charge in [-0.15, -0.1) is 0 Å². The zero-order valence-corrected chi connectivity index (χ0v) is 15.5. The second kappa shape index (κ2) is 6.88. The first kappa shape index (κ1) is 17.3. The van der Waals surface area contributed by atoms with Crippen molar-refractivity contribution in [2.24, 2.45) is 7.05 Å². The molecular formula is C19H16N4O3S. The van der Waals surface area contributed by atoms with E-state index in [9.17, 15) is 9.59 Å². The van der Waals surface area contributed by atoms with Crippen molar-refractivity contribution in [3.05, 3.63) is 58.5 Å². The second-order valence-corrected chi connectivity index (χ2v) is 7.09. The van der Waals surface area contributed by atoms with E-state index in [0.717, 1.165) is 10.8 Å². The van der Waals surface area contributed by atoms with E-state index in [4.69, 9.17) is 4.52 Å². The van der Waals surface area contributed by atoms with Crippen LogP contribution in [-0.4, -0.2) is 26.4 Å². The molecule has 0 radical (unpaired) electrons. The van der Waals surface area contributed by atoms with Crippen LogP contribution in [0.4, 0.5) is 5.88 Å². The molecule has 0 atom stereocenters. The van der Waals surface area contributed by atoms with Gasteiger partial charge in [-0.2, -0.15) is 0 Å². The van der Waals surface area contributed by atoms with Gasteiger partial charge in [0.2, 0.25) is 11.8 Å². The first-order valence-electron chi connectivity index (χ1n) is 8.27. The van der Waals surface area contributed by atoms with Crippen LogP contribution >= 0.6 is 11.8 Å². The largest absolute Gasteiger partial charge is 0.338 e. The molecule has 1 amide bonds. The highest BCUT2D eigenvalue weighted by molar-refractivity contribution is 7.99. The normalized spacial score (nSPS) is 11.2. The summed E-state index contributed by atoms with van der Waals surface area (Å²) in [5.41, 5.74) is 1.16. The second-order valence-electron chi connectivity index (χ2n) is 6.14. The minimum Gasteiger partial charge on any atom is -0.338 e. The van der Waals surface area contributed by atoms with Gasteiger partial charge in [0.15, 0.2) is 5.16 Å². The van der Waals surface area contributed by atoms with Crippen LogP contribution < -0.4 is 10.9 Å². The molecule has 136 valence electrons. The van der Waals surface area contributed by atoms with Gasteiger partial charge in [0, 0.05) is 13.1 Å². The predicted molar refractivity (Wildman–Crippen MR) is 105 cm³/mol. The Kier molecular flexibility index (Phi) is 4.41. The molecule has 2 aromatic carbocycles. The highest BCUT2D eigenvalue weighted by Crippen LogP contribution is 2.22. The molecular weight excluding hydrogens is 364 g/mol. The summed E-state index contributed by atoms with van der Waals surface area (Å²) >= 11 is 1.19. The van der Waals surface area contributed by atoms with E-state index >= 15 is 0 Å². The number of amides is 1. The van der Waals surface area contributed by atoms with Crippen LogP contribution in [0.5, 0.6) is 0 Å². The molecule has 0 unspecified atom stereocenters. The van der Waals surface area contributed by atoms with Crippen molar-refractivity contribution >= 4 is 45.2 Å². The molecule has 8 heteroatoms. The number of rotatable bonds is 4. The van der Waals surface area contributed by atoms with E-state index in [1.54, 1.807) is 20.0 Å². The summed E-state index contributed by atoms with van der Waals surface area (Å²) in [6.45, 7) is 1.77. The van der Waals surface area contributed by atoms with Crippen LogP contribution in [-0.2, 0) is 11.8 Å². The quantitative estimate of drug-likeness (QED) is 0.332. The zero-order valence-electron chi connectivity index (χ0n) is 14.7. The number of aryl methyl sites for hydroxylation is 1. The Bertz CT molecular complexity index is 1230. The van der Waals surface area contributed by atoms with Crippen LogP contribution in [0.15, 0.2) is 56.9 Å². The average Bonchev–Trinajstić information content (AvgIpc) is 3.07. The maximum atomic E-state index is 12.7. The Morgan fingerprint density at radius 1 is 1.22 bits per heavy atom. The Morgan fingerprint density at radius 3 is 2.67 bits per heavy atom. The maximum absolute atomic E-state index is 12.7. The molecule has 0 fully saturated rings. The summed E-state index contributed by atoms with van der Waals surface area (Å²) in [5, 5.41) is 9.38. The van der Waals surface area contributed by atoms with Gasteiger partial charge in [-0.25, -0.2) is 4.98 Å². The number of nitrogens with one attached hydrogen (secondary N) is 1. The van der Waals surface area contributed by atoms with E-state index in [1.807, 2.05) is 36.4 Å². The van der Waals surface area contributed by atoms with Gasteiger partial charge in [-0.3, -0.25) is 19.5 Å². The fourth-order valence-corrected chi connectivity index (χ4v) is 3.56. The molecule has 4 rings (SSSR count). The van der Waals surface area contributed by atoms with Crippen LogP contribution in [0, 0.1) is 6.92 Å². The first-order valence-corrected chi connectivity index (χ1v) is 9.25. The van der Waals surface area contributed by atoms with Crippen molar-refractivity contribution in [2.45, 2.75) is 12.1 Å². The lowest BCUT2D eigenvalue weighted by Gasteiger charge is -2.09. The third-order valence-corrected chi connectivity index (χ3v) is 5.15. The summed E-state index contributed by atoms with van der Waals surface area (Å²) < 4.78 is 6.43. The molecule has 0 spiro atoms. The average molecular weight is 380 g/mol. The molecule has 1 N–H and O–H groups in total. The molecule has 2 aromatic heterocycles. The zero-order chi connectivity index (χ0) is 19.0. The van der Waals surface area contributed by atoms with Crippen molar-refractivity contribution < 1.29 is 9.32 Å². The summed E-state index contributed by atoms with van der Waals surface area (Å²) in [7, 11) is 1.66. The smallest absolute Gasteiger partial charge is 0.261 e. The van der Waals surface area contributed by atoms with E-state index < -0.39 is 0 Å². The van der Waals surface area contributed by atoms with Crippen LogP contribution in [0.25, 0.3) is 21.7 Å². The Balaban J connectivity index is 1.61. The lowest BCUT2D eigenvalue weighted by Crippen LogP contribution is -2.21. The van der Waals surface area contributed by atoms with Crippen molar-refractivity contribution in [3.63, 3.8) is 0 Å². The molecule has 0 bridgehead atoms. The molecule has 0 aliphatic carbocycles. The monoisotopic (exact) mass is 380 g/mol. The van der Waals surface area contributed by atoms with Gasteiger partial charge >= 0.3 is 0 Å².